The molecule has 0 fully saturated rings. The molecule has 0 saturated carbocycles. The van der Waals surface area contributed by atoms with Gasteiger partial charge in [-0.05, 0) is 29.8 Å². The largest absolute Gasteiger partial charge is 0.493 e. The molecule has 2 N–H and O–H groups in total. The van der Waals surface area contributed by atoms with E-state index in [9.17, 15) is 4.79 Å². The maximum atomic E-state index is 11.9. The number of ether oxygens (including phenoxy) is 2. The summed E-state index contributed by atoms with van der Waals surface area (Å²) in [5, 5.41) is 3.12. The molecule has 0 saturated heterocycles. The predicted molar refractivity (Wildman–Crippen MR) is 95.0 cm³/mol. The van der Waals surface area contributed by atoms with Crippen LogP contribution >= 0.6 is 0 Å². The number of anilines is 1. The Bertz CT molecular complexity index is 910. The van der Waals surface area contributed by atoms with E-state index in [-0.39, 0.29) is 5.56 Å². The Labute approximate surface area is 144 Å². The van der Waals surface area contributed by atoms with E-state index in [1.165, 1.54) is 6.07 Å². The first-order chi connectivity index (χ1) is 12.2. The number of rotatable bonds is 6. The van der Waals surface area contributed by atoms with Crippen LogP contribution in [0.15, 0.2) is 53.6 Å². The highest BCUT2D eigenvalue weighted by atomic mass is 16.5. The Morgan fingerprint density at radius 3 is 2.52 bits per heavy atom. The fourth-order valence-corrected chi connectivity index (χ4v) is 2.40. The fourth-order valence-electron chi connectivity index (χ4n) is 2.40. The summed E-state index contributed by atoms with van der Waals surface area (Å²) in [6, 6.07) is 10.7. The van der Waals surface area contributed by atoms with Crippen molar-refractivity contribution in [1.82, 2.24) is 15.0 Å². The highest BCUT2D eigenvalue weighted by molar-refractivity contribution is 5.59. The minimum absolute atomic E-state index is 0.319. The van der Waals surface area contributed by atoms with Crippen molar-refractivity contribution >= 4 is 5.95 Å². The van der Waals surface area contributed by atoms with Crippen molar-refractivity contribution in [3.05, 3.63) is 64.7 Å². The molecule has 0 aliphatic heterocycles. The summed E-state index contributed by atoms with van der Waals surface area (Å²) in [6.07, 6.45) is 3.34. The zero-order valence-corrected chi connectivity index (χ0v) is 13.9. The van der Waals surface area contributed by atoms with E-state index in [4.69, 9.17) is 9.47 Å². The number of benzene rings is 1. The maximum Gasteiger partial charge on any atom is 0.275 e. The summed E-state index contributed by atoms with van der Waals surface area (Å²) in [5.74, 6) is 1.71. The number of H-pyrrole nitrogens is 1. The predicted octanol–water partition coefficient (Wildman–Crippen LogP) is 2.46. The maximum absolute atomic E-state index is 11.9. The molecule has 25 heavy (non-hydrogen) atoms. The van der Waals surface area contributed by atoms with Gasteiger partial charge in [-0.1, -0.05) is 6.07 Å². The molecule has 0 unspecified atom stereocenters. The van der Waals surface area contributed by atoms with E-state index in [2.05, 4.69) is 20.3 Å². The van der Waals surface area contributed by atoms with Crippen molar-refractivity contribution in [2.45, 2.75) is 6.54 Å². The number of aromatic nitrogens is 3. The standard InChI is InChI=1S/C18H18N4O3/c1-24-15-4-3-12(9-16(15)25-2)11-20-18-21-14(10-17(23)22-18)13-5-7-19-8-6-13/h3-10H,11H2,1-2H3,(H2,20,21,22,23). The Morgan fingerprint density at radius 1 is 1.04 bits per heavy atom. The van der Waals surface area contributed by atoms with E-state index < -0.39 is 0 Å². The Kier molecular flexibility index (Phi) is 4.94. The Morgan fingerprint density at radius 2 is 1.80 bits per heavy atom. The summed E-state index contributed by atoms with van der Waals surface area (Å²) in [6.45, 7) is 0.475. The van der Waals surface area contributed by atoms with Gasteiger partial charge in [-0.3, -0.25) is 9.78 Å². The average molecular weight is 338 g/mol. The topological polar surface area (TPSA) is 89.1 Å². The molecule has 0 aliphatic carbocycles. The molecule has 2 heterocycles. The summed E-state index contributed by atoms with van der Waals surface area (Å²) < 4.78 is 10.5. The minimum atomic E-state index is -0.319. The lowest BCUT2D eigenvalue weighted by Gasteiger charge is -2.11. The van der Waals surface area contributed by atoms with E-state index in [1.54, 1.807) is 26.6 Å². The van der Waals surface area contributed by atoms with E-state index in [0.29, 0.717) is 29.7 Å². The highest BCUT2D eigenvalue weighted by Crippen LogP contribution is 2.27. The molecule has 7 heteroatoms. The summed E-state index contributed by atoms with van der Waals surface area (Å²) in [4.78, 5) is 22.9. The lowest BCUT2D eigenvalue weighted by atomic mass is 10.2. The van der Waals surface area contributed by atoms with Crippen molar-refractivity contribution in [1.29, 1.82) is 0 Å². The molecular weight excluding hydrogens is 320 g/mol. The van der Waals surface area contributed by atoms with E-state index in [1.807, 2.05) is 30.3 Å². The van der Waals surface area contributed by atoms with Gasteiger partial charge in [0.05, 0.1) is 19.9 Å². The third-order valence-electron chi connectivity index (χ3n) is 3.64. The van der Waals surface area contributed by atoms with Gasteiger partial charge in [0.15, 0.2) is 11.5 Å². The van der Waals surface area contributed by atoms with E-state index >= 15 is 0 Å². The van der Waals surface area contributed by atoms with Gasteiger partial charge in [-0.15, -0.1) is 0 Å². The van der Waals surface area contributed by atoms with Gasteiger partial charge >= 0.3 is 0 Å². The molecule has 128 valence electrons. The first-order valence-corrected chi connectivity index (χ1v) is 7.66. The third kappa shape index (κ3) is 3.95. The van der Waals surface area contributed by atoms with Crippen LogP contribution in [0.1, 0.15) is 5.56 Å². The number of aromatic amines is 1. The molecule has 0 spiro atoms. The van der Waals surface area contributed by atoms with Crippen LogP contribution in [0.5, 0.6) is 11.5 Å². The second-order valence-corrected chi connectivity index (χ2v) is 5.26. The van der Waals surface area contributed by atoms with Crippen LogP contribution in [-0.2, 0) is 6.54 Å². The first kappa shape index (κ1) is 16.5. The molecule has 7 nitrogen and oxygen atoms in total. The van der Waals surface area contributed by atoms with Crippen LogP contribution in [0.2, 0.25) is 0 Å². The monoisotopic (exact) mass is 338 g/mol. The molecule has 3 rings (SSSR count). The van der Waals surface area contributed by atoms with Crippen LogP contribution in [0.25, 0.3) is 11.3 Å². The second-order valence-electron chi connectivity index (χ2n) is 5.26. The molecule has 0 bridgehead atoms. The minimum Gasteiger partial charge on any atom is -0.493 e. The molecule has 0 aliphatic rings. The van der Waals surface area contributed by atoms with Crippen molar-refractivity contribution in [3.8, 4) is 22.8 Å². The van der Waals surface area contributed by atoms with Crippen molar-refractivity contribution in [2.75, 3.05) is 19.5 Å². The number of pyridine rings is 1. The zero-order valence-electron chi connectivity index (χ0n) is 13.9. The number of nitrogens with one attached hydrogen (secondary N) is 2. The SMILES string of the molecule is COc1ccc(CNc2nc(=O)cc(-c3ccncc3)[nH]2)cc1OC. The van der Waals surface area contributed by atoms with Crippen LogP contribution < -0.4 is 20.3 Å². The average Bonchev–Trinajstić information content (AvgIpc) is 2.66. The van der Waals surface area contributed by atoms with Gasteiger partial charge in [-0.25, -0.2) is 0 Å². The molecule has 1 aromatic carbocycles. The lowest BCUT2D eigenvalue weighted by molar-refractivity contribution is 0.354. The quantitative estimate of drug-likeness (QED) is 0.718. The molecule has 0 radical (unpaired) electrons. The van der Waals surface area contributed by atoms with Gasteiger partial charge in [0.2, 0.25) is 5.95 Å². The summed E-state index contributed by atoms with van der Waals surface area (Å²) >= 11 is 0. The van der Waals surface area contributed by atoms with E-state index in [0.717, 1.165) is 11.1 Å². The molecule has 0 amide bonds. The molecule has 0 atom stereocenters. The van der Waals surface area contributed by atoms with Gasteiger partial charge < -0.3 is 19.8 Å². The molecule has 3 aromatic rings. The smallest absolute Gasteiger partial charge is 0.275 e. The fraction of sp³-hybridized carbons (Fsp3) is 0.167. The normalized spacial score (nSPS) is 10.3. The zero-order chi connectivity index (χ0) is 17.6. The molecular formula is C18H18N4O3. The molecule has 2 aromatic heterocycles. The number of methoxy groups -OCH3 is 2. The summed E-state index contributed by atoms with van der Waals surface area (Å²) in [5.41, 5.74) is 2.19. The van der Waals surface area contributed by atoms with Gasteiger partial charge in [0, 0.05) is 30.6 Å². The van der Waals surface area contributed by atoms with Crippen molar-refractivity contribution < 1.29 is 9.47 Å². The highest BCUT2D eigenvalue weighted by Gasteiger charge is 2.06. The van der Waals surface area contributed by atoms with Gasteiger partial charge in [-0.2, -0.15) is 4.98 Å². The van der Waals surface area contributed by atoms with Crippen LogP contribution in [0, 0.1) is 0 Å². The van der Waals surface area contributed by atoms with Gasteiger partial charge in [0.25, 0.3) is 5.56 Å². The van der Waals surface area contributed by atoms with Crippen molar-refractivity contribution in [3.63, 3.8) is 0 Å². The second kappa shape index (κ2) is 7.48. The van der Waals surface area contributed by atoms with Crippen LogP contribution in [0.3, 0.4) is 0 Å². The first-order valence-electron chi connectivity index (χ1n) is 7.66. The van der Waals surface area contributed by atoms with Crippen molar-refractivity contribution in [2.24, 2.45) is 0 Å². The summed E-state index contributed by atoms with van der Waals surface area (Å²) in [7, 11) is 3.18. The Balaban J connectivity index is 1.80. The number of nitrogens with zero attached hydrogens (tertiary/aromatic N) is 2. The number of hydrogen-bond acceptors (Lipinski definition) is 6. The van der Waals surface area contributed by atoms with Gasteiger partial charge in [0.1, 0.15) is 0 Å². The lowest BCUT2D eigenvalue weighted by Crippen LogP contribution is -2.12. The van der Waals surface area contributed by atoms with Crippen LogP contribution in [-0.4, -0.2) is 29.2 Å². The Hall–Kier alpha value is -3.35. The van der Waals surface area contributed by atoms with Crippen LogP contribution in [0.4, 0.5) is 5.95 Å². The number of hydrogen-bond donors (Lipinski definition) is 2. The third-order valence-corrected chi connectivity index (χ3v) is 3.64.